The number of carbonyl (C=O) groups excluding carboxylic acids is 1. The predicted octanol–water partition coefficient (Wildman–Crippen LogP) is 2.44. The number of nitrogens with zero attached hydrogens (tertiary/aromatic N) is 3. The van der Waals surface area contributed by atoms with E-state index >= 15 is 0 Å². The zero-order valence-corrected chi connectivity index (χ0v) is 11.7. The fourth-order valence-electron chi connectivity index (χ4n) is 2.10. The van der Waals surface area contributed by atoms with Crippen LogP contribution in [0.25, 0.3) is 0 Å². The number of hydrogen-bond donors (Lipinski definition) is 1. The molecule has 6 heteroatoms. The molecule has 1 N–H and O–H groups in total. The van der Waals surface area contributed by atoms with Crippen molar-refractivity contribution >= 4 is 33.5 Å². The minimum Gasteiger partial charge on any atom is -0.305 e. The van der Waals surface area contributed by atoms with Gasteiger partial charge in [-0.05, 0) is 18.1 Å². The van der Waals surface area contributed by atoms with E-state index < -0.39 is 4.45 Å². The number of aliphatic imine (C=N–C) groups is 1. The van der Waals surface area contributed by atoms with Crippen molar-refractivity contribution in [3.8, 4) is 0 Å². The maximum absolute atomic E-state index is 12.0. The highest BCUT2D eigenvalue weighted by Crippen LogP contribution is 2.38. The monoisotopic (exact) mass is 308 g/mol. The van der Waals surface area contributed by atoms with Crippen LogP contribution < -0.4 is 5.32 Å². The molecule has 0 radical (unpaired) electrons. The van der Waals surface area contributed by atoms with Gasteiger partial charge in [0, 0.05) is 6.20 Å². The van der Waals surface area contributed by atoms with Crippen LogP contribution in [-0.4, -0.2) is 32.7 Å². The Bertz CT molecular complexity index is 557. The van der Waals surface area contributed by atoms with Gasteiger partial charge < -0.3 is 5.32 Å². The van der Waals surface area contributed by atoms with E-state index in [4.69, 9.17) is 0 Å². The van der Waals surface area contributed by atoms with E-state index in [-0.39, 0.29) is 11.9 Å². The lowest BCUT2D eigenvalue weighted by Gasteiger charge is -2.27. The number of rotatable bonds is 1. The molecule has 0 saturated heterocycles. The summed E-state index contributed by atoms with van der Waals surface area (Å²) in [7, 11) is 0. The van der Waals surface area contributed by atoms with Gasteiger partial charge in [0.05, 0.1) is 12.2 Å². The zero-order valence-electron chi connectivity index (χ0n) is 10.1. The number of aromatic nitrogens is 1. The molecule has 1 atom stereocenters. The van der Waals surface area contributed by atoms with Crippen LogP contribution in [0.15, 0.2) is 23.3 Å². The Hall–Kier alpha value is -1.43. The van der Waals surface area contributed by atoms with Crippen molar-refractivity contribution < 1.29 is 4.79 Å². The molecule has 1 aromatic rings. The van der Waals surface area contributed by atoms with Gasteiger partial charge in [-0.25, -0.2) is 9.79 Å². The number of anilines is 1. The molecule has 0 fully saturated rings. The van der Waals surface area contributed by atoms with Crippen LogP contribution in [0, 0.1) is 5.92 Å². The fraction of sp³-hybridized carbons (Fsp3) is 0.417. The third-order valence-electron chi connectivity index (χ3n) is 3.32. The SMILES string of the molecule is CC(C)C1(Br)CN2C(=O)Nc3cccnc3C2=N1. The number of halogens is 1. The molecular formula is C12H13BrN4O. The zero-order chi connectivity index (χ0) is 12.9. The van der Waals surface area contributed by atoms with Crippen molar-refractivity contribution in [2.75, 3.05) is 11.9 Å². The first kappa shape index (κ1) is 11.6. The molecule has 0 saturated carbocycles. The maximum atomic E-state index is 12.0. The fourth-order valence-corrected chi connectivity index (χ4v) is 2.51. The van der Waals surface area contributed by atoms with Crippen molar-refractivity contribution in [3.63, 3.8) is 0 Å². The highest BCUT2D eigenvalue weighted by Gasteiger charge is 2.45. The number of amidine groups is 1. The summed E-state index contributed by atoms with van der Waals surface area (Å²) in [5.41, 5.74) is 1.46. The largest absolute Gasteiger partial charge is 0.327 e. The number of pyridine rings is 1. The number of nitrogens with one attached hydrogen (secondary N) is 1. The second kappa shape index (κ2) is 3.78. The van der Waals surface area contributed by atoms with Crippen LogP contribution in [0.3, 0.4) is 0 Å². The number of carbonyl (C=O) groups is 1. The standard InChI is InChI=1S/C12H13BrN4O/c1-7(2)12(13)6-17-10(16-12)9-8(15-11(17)18)4-3-5-14-9/h3-5,7H,6H2,1-2H3,(H,15,18). The molecule has 1 unspecified atom stereocenters. The molecule has 0 aliphatic carbocycles. The molecule has 18 heavy (non-hydrogen) atoms. The van der Waals surface area contributed by atoms with E-state index in [9.17, 15) is 4.79 Å². The summed E-state index contributed by atoms with van der Waals surface area (Å²) >= 11 is 3.64. The highest BCUT2D eigenvalue weighted by atomic mass is 79.9. The highest BCUT2D eigenvalue weighted by molar-refractivity contribution is 9.10. The van der Waals surface area contributed by atoms with Gasteiger partial charge in [-0.3, -0.25) is 9.88 Å². The Labute approximate surface area is 113 Å². The summed E-state index contributed by atoms with van der Waals surface area (Å²) in [5.74, 6) is 0.940. The number of urea groups is 1. The number of alkyl halides is 1. The molecule has 2 amide bonds. The molecule has 2 aliphatic rings. The molecule has 0 aromatic carbocycles. The van der Waals surface area contributed by atoms with Crippen molar-refractivity contribution in [1.29, 1.82) is 0 Å². The van der Waals surface area contributed by atoms with Crippen molar-refractivity contribution in [1.82, 2.24) is 9.88 Å². The molecule has 3 heterocycles. The lowest BCUT2D eigenvalue weighted by atomic mass is 10.1. The smallest absolute Gasteiger partial charge is 0.305 e. The van der Waals surface area contributed by atoms with Crippen LogP contribution in [-0.2, 0) is 0 Å². The van der Waals surface area contributed by atoms with Crippen LogP contribution >= 0.6 is 15.9 Å². The van der Waals surface area contributed by atoms with E-state index in [1.807, 2.05) is 6.07 Å². The van der Waals surface area contributed by atoms with Gasteiger partial charge in [-0.15, -0.1) is 0 Å². The quantitative estimate of drug-likeness (QED) is 0.640. The Morgan fingerprint density at radius 1 is 1.56 bits per heavy atom. The summed E-state index contributed by atoms with van der Waals surface area (Å²) in [5, 5.41) is 2.83. The van der Waals surface area contributed by atoms with Crippen molar-refractivity contribution in [2.45, 2.75) is 18.3 Å². The maximum Gasteiger partial charge on any atom is 0.327 e. The molecule has 0 bridgehead atoms. The Morgan fingerprint density at radius 2 is 2.33 bits per heavy atom. The molecule has 94 valence electrons. The predicted molar refractivity (Wildman–Crippen MR) is 73.0 cm³/mol. The van der Waals surface area contributed by atoms with Crippen LogP contribution in [0.5, 0.6) is 0 Å². The molecule has 2 aliphatic heterocycles. The average molecular weight is 309 g/mol. The second-order valence-electron chi connectivity index (χ2n) is 4.82. The van der Waals surface area contributed by atoms with E-state index in [0.29, 0.717) is 12.4 Å². The molecule has 3 rings (SSSR count). The van der Waals surface area contributed by atoms with Gasteiger partial charge in [-0.2, -0.15) is 0 Å². The molecule has 0 spiro atoms. The number of hydrogen-bond acceptors (Lipinski definition) is 3. The number of amides is 2. The van der Waals surface area contributed by atoms with E-state index in [1.165, 1.54) is 0 Å². The summed E-state index contributed by atoms with van der Waals surface area (Å²) in [6, 6.07) is 3.49. The Balaban J connectivity index is 2.13. The first-order valence-corrected chi connectivity index (χ1v) is 6.63. The summed E-state index contributed by atoms with van der Waals surface area (Å²) < 4.78 is -0.418. The Morgan fingerprint density at radius 3 is 3.06 bits per heavy atom. The van der Waals surface area contributed by atoms with Gasteiger partial charge in [0.1, 0.15) is 10.1 Å². The molecular weight excluding hydrogens is 296 g/mol. The first-order chi connectivity index (χ1) is 8.51. The van der Waals surface area contributed by atoms with Gasteiger partial charge >= 0.3 is 6.03 Å². The Kier molecular flexibility index (Phi) is 2.45. The summed E-state index contributed by atoms with van der Waals surface area (Å²) in [6.45, 7) is 4.69. The lowest BCUT2D eigenvalue weighted by molar-refractivity contribution is 0.231. The minimum atomic E-state index is -0.418. The molecule has 5 nitrogen and oxygen atoms in total. The van der Waals surface area contributed by atoms with E-state index in [2.05, 4.69) is 45.1 Å². The van der Waals surface area contributed by atoms with Gasteiger partial charge in [0.15, 0.2) is 5.84 Å². The van der Waals surface area contributed by atoms with E-state index in [0.717, 1.165) is 11.4 Å². The van der Waals surface area contributed by atoms with Crippen LogP contribution in [0.1, 0.15) is 19.5 Å². The van der Waals surface area contributed by atoms with Gasteiger partial charge in [-0.1, -0.05) is 29.8 Å². The number of fused-ring (bicyclic) bond motifs is 3. The third-order valence-corrected chi connectivity index (χ3v) is 4.66. The van der Waals surface area contributed by atoms with Crippen LogP contribution in [0.2, 0.25) is 0 Å². The van der Waals surface area contributed by atoms with Crippen molar-refractivity contribution in [3.05, 3.63) is 24.0 Å². The lowest BCUT2D eigenvalue weighted by Crippen LogP contribution is -2.45. The summed E-state index contributed by atoms with van der Waals surface area (Å²) in [6.07, 6.45) is 1.71. The third kappa shape index (κ3) is 1.55. The summed E-state index contributed by atoms with van der Waals surface area (Å²) in [4.78, 5) is 22.7. The van der Waals surface area contributed by atoms with Crippen LogP contribution in [0.4, 0.5) is 10.5 Å². The average Bonchev–Trinajstić information content (AvgIpc) is 2.70. The topological polar surface area (TPSA) is 57.6 Å². The first-order valence-electron chi connectivity index (χ1n) is 5.84. The van der Waals surface area contributed by atoms with Crippen molar-refractivity contribution in [2.24, 2.45) is 10.9 Å². The molecule has 1 aromatic heterocycles. The van der Waals surface area contributed by atoms with E-state index in [1.54, 1.807) is 17.2 Å². The second-order valence-corrected chi connectivity index (χ2v) is 6.20. The van der Waals surface area contributed by atoms with Gasteiger partial charge in [0.25, 0.3) is 0 Å². The normalized spacial score (nSPS) is 25.7. The minimum absolute atomic E-state index is 0.142. The van der Waals surface area contributed by atoms with Gasteiger partial charge in [0.2, 0.25) is 0 Å².